The smallest absolute Gasteiger partial charge is 0.282 e. The molecule has 0 unspecified atom stereocenters. The van der Waals surface area contributed by atoms with Gasteiger partial charge in [-0.3, -0.25) is 4.79 Å². The highest BCUT2D eigenvalue weighted by atomic mass is 32.2. The van der Waals surface area contributed by atoms with Gasteiger partial charge in [0.15, 0.2) is 0 Å². The number of rotatable bonds is 5. The van der Waals surface area contributed by atoms with Gasteiger partial charge in [0.05, 0.1) is 34.9 Å². The molecule has 1 atom stereocenters. The van der Waals surface area contributed by atoms with E-state index in [1.807, 2.05) is 30.3 Å². The van der Waals surface area contributed by atoms with Crippen LogP contribution in [0.5, 0.6) is 0 Å². The van der Waals surface area contributed by atoms with Crippen molar-refractivity contribution in [2.45, 2.75) is 43.4 Å². The molecule has 1 N–H and O–H groups in total. The van der Waals surface area contributed by atoms with Crippen molar-refractivity contribution in [2.75, 3.05) is 0 Å². The van der Waals surface area contributed by atoms with Gasteiger partial charge in [-0.15, -0.1) is 0 Å². The molecule has 8 nitrogen and oxygen atoms in total. The zero-order valence-corrected chi connectivity index (χ0v) is 19.0. The number of hydrogen-bond acceptors (Lipinski definition) is 6. The lowest BCUT2D eigenvalue weighted by Gasteiger charge is -2.32. The highest BCUT2D eigenvalue weighted by molar-refractivity contribution is 7.89. The molecule has 3 heterocycles. The number of hydrogen-bond donors (Lipinski definition) is 1. The minimum Gasteiger partial charge on any atom is -0.464 e. The molecule has 0 radical (unpaired) electrons. The Hall–Kier alpha value is -3.43. The Labute approximate surface area is 191 Å². The van der Waals surface area contributed by atoms with Crippen LogP contribution in [0.3, 0.4) is 0 Å². The van der Waals surface area contributed by atoms with E-state index in [-0.39, 0.29) is 23.9 Å². The molecule has 33 heavy (non-hydrogen) atoms. The van der Waals surface area contributed by atoms with Gasteiger partial charge >= 0.3 is 0 Å². The molecule has 0 bridgehead atoms. The standard InChI is InChI=1S/C24H23N3O5S/c1-24(2,29)22(16-6-4-3-5-7-16)23(28)26-13-18-14-27(25-20(18)15-26)33(30,31)19-8-9-21-17(12-19)10-11-32-21/h3-12,14,22,29H,13,15H2,1-2H3/t22-/m0/s1. The van der Waals surface area contributed by atoms with Gasteiger partial charge in [0.25, 0.3) is 10.0 Å². The van der Waals surface area contributed by atoms with Crippen LogP contribution >= 0.6 is 0 Å². The largest absolute Gasteiger partial charge is 0.464 e. The summed E-state index contributed by atoms with van der Waals surface area (Å²) in [5.74, 6) is -0.980. The minimum atomic E-state index is -3.89. The van der Waals surface area contributed by atoms with Crippen LogP contribution in [0.1, 0.15) is 36.6 Å². The van der Waals surface area contributed by atoms with E-state index < -0.39 is 21.5 Å². The van der Waals surface area contributed by atoms with E-state index in [2.05, 4.69) is 5.10 Å². The molecule has 4 aromatic rings. The summed E-state index contributed by atoms with van der Waals surface area (Å²) >= 11 is 0. The third-order valence-corrected chi connectivity index (χ3v) is 7.45. The van der Waals surface area contributed by atoms with Crippen LogP contribution in [0.25, 0.3) is 11.0 Å². The Kier molecular flexibility index (Phi) is 4.91. The molecule has 0 saturated carbocycles. The number of benzene rings is 2. The lowest BCUT2D eigenvalue weighted by Crippen LogP contribution is -2.42. The maximum atomic E-state index is 13.4. The van der Waals surface area contributed by atoms with Gasteiger partial charge in [-0.1, -0.05) is 30.3 Å². The third-order valence-electron chi connectivity index (χ3n) is 5.92. The monoisotopic (exact) mass is 465 g/mol. The Morgan fingerprint density at radius 2 is 1.88 bits per heavy atom. The molecule has 1 aliphatic rings. The van der Waals surface area contributed by atoms with Crippen molar-refractivity contribution in [3.05, 3.63) is 83.9 Å². The number of carbonyl (C=O) groups is 1. The zero-order chi connectivity index (χ0) is 23.4. The Bertz CT molecular complexity index is 1420. The maximum absolute atomic E-state index is 13.4. The zero-order valence-electron chi connectivity index (χ0n) is 18.2. The van der Waals surface area contributed by atoms with Crippen LogP contribution in [0.4, 0.5) is 0 Å². The number of aliphatic hydroxyl groups is 1. The number of fused-ring (bicyclic) bond motifs is 2. The molecule has 1 aliphatic heterocycles. The van der Waals surface area contributed by atoms with E-state index in [0.717, 1.165) is 9.65 Å². The molecule has 5 rings (SSSR count). The van der Waals surface area contributed by atoms with Gasteiger partial charge in [-0.25, -0.2) is 0 Å². The molecule has 170 valence electrons. The first kappa shape index (κ1) is 21.4. The van der Waals surface area contributed by atoms with E-state index in [0.29, 0.717) is 22.2 Å². The first-order chi connectivity index (χ1) is 15.6. The highest BCUT2D eigenvalue weighted by Crippen LogP contribution is 2.33. The molecule has 0 aliphatic carbocycles. The van der Waals surface area contributed by atoms with Crippen LogP contribution in [0.15, 0.2) is 76.4 Å². The fourth-order valence-electron chi connectivity index (χ4n) is 4.30. The summed E-state index contributed by atoms with van der Waals surface area (Å²) in [4.78, 5) is 15.1. The SMILES string of the molecule is CC(C)(O)[C@H](C(=O)N1Cc2cn(S(=O)(=O)c3ccc4occc4c3)nc2C1)c1ccccc1. The van der Waals surface area contributed by atoms with Crippen LogP contribution in [0, 0.1) is 0 Å². The van der Waals surface area contributed by atoms with Crippen molar-refractivity contribution in [3.8, 4) is 0 Å². The topological polar surface area (TPSA) is 106 Å². The Morgan fingerprint density at radius 3 is 2.58 bits per heavy atom. The van der Waals surface area contributed by atoms with Gasteiger partial charge in [-0.2, -0.15) is 17.6 Å². The Morgan fingerprint density at radius 1 is 1.12 bits per heavy atom. The second-order valence-electron chi connectivity index (χ2n) is 8.79. The molecule has 1 amide bonds. The normalized spacial score (nSPS) is 15.1. The number of furan rings is 1. The van der Waals surface area contributed by atoms with Crippen molar-refractivity contribution in [3.63, 3.8) is 0 Å². The molecule has 2 aromatic carbocycles. The average molecular weight is 466 g/mol. The van der Waals surface area contributed by atoms with Crippen LogP contribution in [0.2, 0.25) is 0 Å². The van der Waals surface area contributed by atoms with Crippen molar-refractivity contribution in [2.24, 2.45) is 0 Å². The average Bonchev–Trinajstić information content (AvgIpc) is 3.47. The van der Waals surface area contributed by atoms with E-state index in [4.69, 9.17) is 4.42 Å². The molecule has 0 spiro atoms. The fourth-order valence-corrected chi connectivity index (χ4v) is 5.50. The first-order valence-electron chi connectivity index (χ1n) is 10.5. The summed E-state index contributed by atoms with van der Waals surface area (Å²) in [5, 5.41) is 15.7. The van der Waals surface area contributed by atoms with E-state index in [1.165, 1.54) is 18.5 Å². The lowest BCUT2D eigenvalue weighted by atomic mass is 9.83. The van der Waals surface area contributed by atoms with Crippen LogP contribution < -0.4 is 0 Å². The first-order valence-corrected chi connectivity index (χ1v) is 11.9. The number of carbonyl (C=O) groups excluding carboxylic acids is 1. The van der Waals surface area contributed by atoms with Crippen molar-refractivity contribution >= 4 is 26.9 Å². The van der Waals surface area contributed by atoms with Gasteiger partial charge < -0.3 is 14.4 Å². The molecule has 0 saturated heterocycles. The predicted octanol–water partition coefficient (Wildman–Crippen LogP) is 3.26. The van der Waals surface area contributed by atoms with E-state index in [1.54, 1.807) is 36.9 Å². The summed E-state index contributed by atoms with van der Waals surface area (Å²) in [5.41, 5.74) is 1.25. The summed E-state index contributed by atoms with van der Waals surface area (Å²) in [6.45, 7) is 3.63. The molecular formula is C24H23N3O5S. The van der Waals surface area contributed by atoms with Crippen molar-refractivity contribution in [1.29, 1.82) is 0 Å². The summed E-state index contributed by atoms with van der Waals surface area (Å²) in [7, 11) is -3.89. The molecule has 0 fully saturated rings. The van der Waals surface area contributed by atoms with Gasteiger partial charge in [-0.05, 0) is 43.7 Å². The van der Waals surface area contributed by atoms with Gasteiger partial charge in [0.1, 0.15) is 5.58 Å². The Balaban J connectivity index is 1.40. The second kappa shape index (κ2) is 7.57. The van der Waals surface area contributed by atoms with E-state index in [9.17, 15) is 18.3 Å². The maximum Gasteiger partial charge on any atom is 0.282 e. The number of amides is 1. The van der Waals surface area contributed by atoms with Gasteiger partial charge in [0, 0.05) is 23.7 Å². The third kappa shape index (κ3) is 3.73. The molecule has 9 heteroatoms. The number of nitrogens with zero attached hydrogens (tertiary/aromatic N) is 3. The van der Waals surface area contributed by atoms with Crippen LogP contribution in [-0.4, -0.2) is 39.1 Å². The fraction of sp³-hybridized carbons (Fsp3) is 0.250. The van der Waals surface area contributed by atoms with Crippen molar-refractivity contribution < 1.29 is 22.7 Å². The lowest BCUT2D eigenvalue weighted by molar-refractivity contribution is -0.139. The summed E-state index contributed by atoms with van der Waals surface area (Å²) in [6.07, 6.45) is 2.96. The number of aromatic nitrogens is 2. The molecular weight excluding hydrogens is 442 g/mol. The predicted molar refractivity (Wildman–Crippen MR) is 121 cm³/mol. The van der Waals surface area contributed by atoms with E-state index >= 15 is 0 Å². The quantitative estimate of drug-likeness (QED) is 0.485. The highest BCUT2D eigenvalue weighted by Gasteiger charge is 2.40. The second-order valence-corrected chi connectivity index (χ2v) is 10.6. The minimum absolute atomic E-state index is 0.108. The van der Waals surface area contributed by atoms with Crippen LogP contribution in [-0.2, 0) is 27.9 Å². The summed E-state index contributed by atoms with van der Waals surface area (Å²) in [6, 6.07) is 15.5. The van der Waals surface area contributed by atoms with Gasteiger partial charge in [0.2, 0.25) is 5.91 Å². The summed E-state index contributed by atoms with van der Waals surface area (Å²) < 4.78 is 32.4. The molecule has 2 aromatic heterocycles. The van der Waals surface area contributed by atoms with Crippen molar-refractivity contribution in [1.82, 2.24) is 14.1 Å².